The highest BCUT2D eigenvalue weighted by Gasteiger charge is 2.63. The van der Waals surface area contributed by atoms with Gasteiger partial charge < -0.3 is 15.3 Å². The fourth-order valence-electron chi connectivity index (χ4n) is 7.48. The number of aliphatic carboxylic acids is 1. The van der Waals surface area contributed by atoms with Gasteiger partial charge in [0.2, 0.25) is 0 Å². The largest absolute Gasteiger partial charge is 0.481 e. The third kappa shape index (κ3) is 2.51. The Morgan fingerprint density at radius 3 is 2.62 bits per heavy atom. The molecule has 4 rings (SSSR count). The smallest absolute Gasteiger partial charge is 0.303 e. The lowest BCUT2D eigenvalue weighted by Crippen LogP contribution is -2.54. The van der Waals surface area contributed by atoms with Gasteiger partial charge in [-0.25, -0.2) is 0 Å². The van der Waals surface area contributed by atoms with Crippen molar-refractivity contribution < 1.29 is 20.1 Å². The molecule has 0 amide bonds. The Morgan fingerprint density at radius 1 is 1.15 bits per heavy atom. The molecule has 4 aliphatic rings. The minimum absolute atomic E-state index is 0.0621. The number of rotatable bonds is 3. The Labute approximate surface area is 156 Å². The normalized spacial score (nSPS) is 50.4. The lowest BCUT2D eigenvalue weighted by Gasteiger charge is -2.59. The molecule has 0 saturated heterocycles. The molecule has 0 aromatic rings. The molecule has 0 radical (unpaired) electrons. The van der Waals surface area contributed by atoms with E-state index < -0.39 is 11.6 Å². The number of aliphatic hydroxyl groups is 2. The average molecular weight is 363 g/mol. The molecule has 0 bridgehead atoms. The van der Waals surface area contributed by atoms with E-state index in [1.807, 2.05) is 0 Å². The van der Waals surface area contributed by atoms with Gasteiger partial charge in [-0.15, -0.1) is 0 Å². The van der Waals surface area contributed by atoms with Gasteiger partial charge in [-0.05, 0) is 86.4 Å². The lowest BCUT2D eigenvalue weighted by atomic mass is 9.47. The predicted octanol–water partition coefficient (Wildman–Crippen LogP) is 3.91. The quantitative estimate of drug-likeness (QED) is 0.665. The first-order valence-corrected chi connectivity index (χ1v) is 10.5. The van der Waals surface area contributed by atoms with Gasteiger partial charge in [-0.3, -0.25) is 4.79 Å². The first kappa shape index (κ1) is 18.5. The van der Waals surface area contributed by atoms with Crippen LogP contribution < -0.4 is 0 Å². The second-order valence-electron chi connectivity index (χ2n) is 10.1. The second-order valence-corrected chi connectivity index (χ2v) is 10.1. The lowest BCUT2D eigenvalue weighted by molar-refractivity contribution is -0.146. The van der Waals surface area contributed by atoms with Crippen molar-refractivity contribution in [1.82, 2.24) is 0 Å². The first-order chi connectivity index (χ1) is 12.2. The molecular weight excluding hydrogens is 328 g/mol. The number of carbonyl (C=O) groups is 1. The number of carboxylic acids is 1. The molecule has 3 N–H and O–H groups in total. The molecule has 0 heterocycles. The summed E-state index contributed by atoms with van der Waals surface area (Å²) in [5.41, 5.74) is 0.708. The Kier molecular flexibility index (Phi) is 4.31. The fourth-order valence-corrected chi connectivity index (χ4v) is 7.48. The molecule has 0 aromatic carbocycles. The fraction of sp³-hybridized carbons (Fsp3) is 0.864. The van der Waals surface area contributed by atoms with Crippen LogP contribution in [0.15, 0.2) is 11.6 Å². The molecule has 0 aromatic heterocycles. The Balaban J connectivity index is 1.61. The number of carboxylic acid groups (broad SMARTS) is 1. The predicted molar refractivity (Wildman–Crippen MR) is 99.5 cm³/mol. The van der Waals surface area contributed by atoms with E-state index in [9.17, 15) is 15.0 Å². The Morgan fingerprint density at radius 2 is 1.88 bits per heavy atom. The number of hydrogen-bond acceptors (Lipinski definition) is 3. The molecule has 7 atom stereocenters. The van der Waals surface area contributed by atoms with Gasteiger partial charge in [0.1, 0.15) is 0 Å². The SMILES string of the molecule is C[C@@]12CCC(O)CC1=CCC1C2CC[C@]2(C)C1CCC2(O)CCC(=O)O. The highest BCUT2D eigenvalue weighted by atomic mass is 16.4. The summed E-state index contributed by atoms with van der Waals surface area (Å²) >= 11 is 0. The maximum atomic E-state index is 11.4. The zero-order valence-corrected chi connectivity index (χ0v) is 16.2. The van der Waals surface area contributed by atoms with Crippen LogP contribution in [0.1, 0.15) is 78.1 Å². The summed E-state index contributed by atoms with van der Waals surface area (Å²) < 4.78 is 0. The number of aliphatic hydroxyl groups excluding tert-OH is 1. The van der Waals surface area contributed by atoms with Crippen molar-refractivity contribution in [2.75, 3.05) is 0 Å². The Hall–Kier alpha value is -0.870. The van der Waals surface area contributed by atoms with Crippen molar-refractivity contribution in [3.8, 4) is 0 Å². The zero-order valence-electron chi connectivity index (χ0n) is 16.2. The molecule has 4 heteroatoms. The zero-order chi connectivity index (χ0) is 18.7. The summed E-state index contributed by atoms with van der Waals surface area (Å²) in [4.78, 5) is 11.1. The summed E-state index contributed by atoms with van der Waals surface area (Å²) in [6, 6.07) is 0. The van der Waals surface area contributed by atoms with Gasteiger partial charge in [-0.1, -0.05) is 25.5 Å². The van der Waals surface area contributed by atoms with Crippen molar-refractivity contribution >= 4 is 5.97 Å². The van der Waals surface area contributed by atoms with E-state index in [-0.39, 0.29) is 23.4 Å². The van der Waals surface area contributed by atoms with Gasteiger partial charge >= 0.3 is 5.97 Å². The van der Waals surface area contributed by atoms with Crippen LogP contribution >= 0.6 is 0 Å². The van der Waals surface area contributed by atoms with Crippen molar-refractivity contribution in [3.05, 3.63) is 11.6 Å². The van der Waals surface area contributed by atoms with Gasteiger partial charge in [0.15, 0.2) is 0 Å². The van der Waals surface area contributed by atoms with E-state index >= 15 is 0 Å². The maximum Gasteiger partial charge on any atom is 0.303 e. The summed E-state index contributed by atoms with van der Waals surface area (Å²) in [6.45, 7) is 4.64. The maximum absolute atomic E-state index is 11.4. The molecule has 146 valence electrons. The molecule has 0 aliphatic heterocycles. The van der Waals surface area contributed by atoms with E-state index in [0.717, 1.165) is 51.4 Å². The van der Waals surface area contributed by atoms with Crippen LogP contribution in [0.3, 0.4) is 0 Å². The molecule has 5 unspecified atom stereocenters. The molecule has 3 fully saturated rings. The van der Waals surface area contributed by atoms with E-state index in [1.165, 1.54) is 5.57 Å². The van der Waals surface area contributed by atoms with Crippen LogP contribution in [0, 0.1) is 28.6 Å². The molecule has 3 saturated carbocycles. The molecule has 0 spiro atoms. The van der Waals surface area contributed by atoms with Gasteiger partial charge in [0.05, 0.1) is 11.7 Å². The van der Waals surface area contributed by atoms with Gasteiger partial charge in [-0.2, -0.15) is 0 Å². The average Bonchev–Trinajstić information content (AvgIpc) is 2.86. The Bertz CT molecular complexity index is 628. The third-order valence-electron chi connectivity index (χ3n) is 9.15. The summed E-state index contributed by atoms with van der Waals surface area (Å²) in [6.07, 6.45) is 10.5. The first-order valence-electron chi connectivity index (χ1n) is 10.5. The van der Waals surface area contributed by atoms with E-state index in [1.54, 1.807) is 0 Å². The number of fused-ring (bicyclic) bond motifs is 5. The minimum Gasteiger partial charge on any atom is -0.481 e. The van der Waals surface area contributed by atoms with Crippen molar-refractivity contribution in [2.24, 2.45) is 28.6 Å². The highest BCUT2D eigenvalue weighted by Crippen LogP contribution is 2.67. The molecule has 4 nitrogen and oxygen atoms in total. The van der Waals surface area contributed by atoms with E-state index in [0.29, 0.717) is 24.2 Å². The van der Waals surface area contributed by atoms with Crippen LogP contribution in [0.5, 0.6) is 0 Å². The topological polar surface area (TPSA) is 77.8 Å². The summed E-state index contributed by atoms with van der Waals surface area (Å²) in [5, 5.41) is 30.6. The standard InChI is InChI=1S/C22H34O4/c1-20-9-5-15(23)13-14(20)3-4-16-17(20)6-10-21(2)18(16)7-11-22(21,26)12-8-19(24)25/h3,15-18,23,26H,4-13H2,1-2H3,(H,24,25)/t15?,16?,17?,18?,20-,21-,22?/m1/s1. The summed E-state index contributed by atoms with van der Waals surface area (Å²) in [5.74, 6) is 0.922. The molecule has 4 aliphatic carbocycles. The minimum atomic E-state index is -0.825. The van der Waals surface area contributed by atoms with Gasteiger partial charge in [0, 0.05) is 6.42 Å². The van der Waals surface area contributed by atoms with Crippen molar-refractivity contribution in [1.29, 1.82) is 0 Å². The van der Waals surface area contributed by atoms with E-state index in [4.69, 9.17) is 5.11 Å². The molecule has 26 heavy (non-hydrogen) atoms. The third-order valence-corrected chi connectivity index (χ3v) is 9.15. The van der Waals surface area contributed by atoms with Crippen LogP contribution in [0.2, 0.25) is 0 Å². The monoisotopic (exact) mass is 362 g/mol. The molecular formula is C22H34O4. The highest BCUT2D eigenvalue weighted by molar-refractivity contribution is 5.66. The van der Waals surface area contributed by atoms with Crippen LogP contribution in [0.25, 0.3) is 0 Å². The summed E-state index contributed by atoms with van der Waals surface area (Å²) in [7, 11) is 0. The van der Waals surface area contributed by atoms with Crippen LogP contribution in [0.4, 0.5) is 0 Å². The van der Waals surface area contributed by atoms with Crippen molar-refractivity contribution in [3.63, 3.8) is 0 Å². The van der Waals surface area contributed by atoms with E-state index in [2.05, 4.69) is 19.9 Å². The number of allylic oxidation sites excluding steroid dienone is 1. The van der Waals surface area contributed by atoms with Gasteiger partial charge in [0.25, 0.3) is 0 Å². The second kappa shape index (κ2) is 6.07. The van der Waals surface area contributed by atoms with Crippen molar-refractivity contribution in [2.45, 2.75) is 89.8 Å². The van der Waals surface area contributed by atoms with Crippen LogP contribution in [-0.2, 0) is 4.79 Å². The van der Waals surface area contributed by atoms with Crippen LogP contribution in [-0.4, -0.2) is 33.0 Å². The number of hydrogen-bond donors (Lipinski definition) is 3.